The minimum Gasteiger partial charge on any atom is -0.489 e. The number of benzene rings is 2. The molecule has 0 aromatic heterocycles. The number of nitrogens with one attached hydrogen (secondary N) is 2. The van der Waals surface area contributed by atoms with Gasteiger partial charge in [-0.15, -0.1) is 0 Å². The Kier molecular flexibility index (Phi) is 7.23. The molecule has 6 heteroatoms. The molecule has 0 spiro atoms. The highest BCUT2D eigenvalue weighted by molar-refractivity contribution is 5.95. The Bertz CT molecular complexity index is 803. The van der Waals surface area contributed by atoms with E-state index in [2.05, 4.69) is 10.6 Å². The largest absolute Gasteiger partial charge is 0.489 e. The normalized spacial score (nSPS) is 10.4. The van der Waals surface area contributed by atoms with Crippen LogP contribution in [-0.2, 0) is 16.0 Å². The number of methoxy groups -OCH3 is 1. The third-order valence-corrected chi connectivity index (χ3v) is 3.88. The van der Waals surface area contributed by atoms with Crippen molar-refractivity contribution >= 4 is 23.3 Å². The molecule has 0 saturated carbocycles. The fraction of sp³-hybridized carbons (Fsp3) is 0.333. The molecule has 0 aliphatic carbocycles. The molecule has 0 atom stereocenters. The van der Waals surface area contributed by atoms with Crippen LogP contribution in [0.15, 0.2) is 42.5 Å². The summed E-state index contributed by atoms with van der Waals surface area (Å²) in [6.45, 7) is 5.90. The first-order chi connectivity index (χ1) is 12.9. The van der Waals surface area contributed by atoms with Crippen LogP contribution in [0.4, 0.5) is 11.4 Å². The minimum absolute atomic E-state index is 0.0388. The predicted molar refractivity (Wildman–Crippen MR) is 106 cm³/mol. The average molecular weight is 370 g/mol. The van der Waals surface area contributed by atoms with Crippen LogP contribution in [0.5, 0.6) is 5.75 Å². The van der Waals surface area contributed by atoms with Crippen molar-refractivity contribution in [3.05, 3.63) is 53.6 Å². The maximum absolute atomic E-state index is 12.4. The highest BCUT2D eigenvalue weighted by Gasteiger charge is 2.13. The van der Waals surface area contributed by atoms with Gasteiger partial charge in [0.05, 0.1) is 31.0 Å². The Hall–Kier alpha value is -3.02. The highest BCUT2D eigenvalue weighted by atomic mass is 16.5. The maximum atomic E-state index is 12.4. The number of esters is 1. The van der Waals surface area contributed by atoms with E-state index >= 15 is 0 Å². The van der Waals surface area contributed by atoms with E-state index in [0.29, 0.717) is 17.0 Å². The summed E-state index contributed by atoms with van der Waals surface area (Å²) in [6.07, 6.45) is 0.789. The Morgan fingerprint density at radius 2 is 1.81 bits per heavy atom. The Morgan fingerprint density at radius 3 is 2.48 bits per heavy atom. The molecule has 0 radical (unpaired) electrons. The van der Waals surface area contributed by atoms with Crippen LogP contribution in [-0.4, -0.2) is 31.6 Å². The van der Waals surface area contributed by atoms with Crippen molar-refractivity contribution in [2.24, 2.45) is 0 Å². The second-order valence-corrected chi connectivity index (χ2v) is 6.28. The molecule has 2 aromatic rings. The number of rotatable bonds is 8. The van der Waals surface area contributed by atoms with E-state index in [4.69, 9.17) is 9.47 Å². The summed E-state index contributed by atoms with van der Waals surface area (Å²) in [4.78, 5) is 24.1. The lowest BCUT2D eigenvalue weighted by Crippen LogP contribution is -2.23. The second kappa shape index (κ2) is 9.62. The van der Waals surface area contributed by atoms with Crippen molar-refractivity contribution in [3.8, 4) is 5.75 Å². The fourth-order valence-corrected chi connectivity index (χ4v) is 2.59. The zero-order valence-corrected chi connectivity index (χ0v) is 16.2. The van der Waals surface area contributed by atoms with Gasteiger partial charge in [-0.2, -0.15) is 0 Å². The Morgan fingerprint density at radius 1 is 1.07 bits per heavy atom. The van der Waals surface area contributed by atoms with Crippen LogP contribution in [0.3, 0.4) is 0 Å². The number of carbonyl (C=O) groups is 2. The molecule has 144 valence electrons. The molecule has 0 bridgehead atoms. The van der Waals surface area contributed by atoms with E-state index < -0.39 is 5.97 Å². The average Bonchev–Trinajstić information content (AvgIpc) is 2.66. The van der Waals surface area contributed by atoms with E-state index in [1.54, 1.807) is 18.2 Å². The molecule has 27 heavy (non-hydrogen) atoms. The van der Waals surface area contributed by atoms with Crippen LogP contribution in [0.25, 0.3) is 0 Å². The van der Waals surface area contributed by atoms with Gasteiger partial charge in [0.2, 0.25) is 5.91 Å². The Labute approximate surface area is 159 Å². The van der Waals surface area contributed by atoms with Crippen molar-refractivity contribution in [2.45, 2.75) is 33.3 Å². The molecule has 0 saturated heterocycles. The SMILES string of the molecule is CCc1ccccc1NC(=O)CNc1cc(C(=O)OC)ccc1OC(C)C. The summed E-state index contributed by atoms with van der Waals surface area (Å²) in [6, 6.07) is 12.6. The van der Waals surface area contributed by atoms with E-state index in [1.165, 1.54) is 7.11 Å². The van der Waals surface area contributed by atoms with E-state index in [-0.39, 0.29) is 18.6 Å². The number of ether oxygens (including phenoxy) is 2. The van der Waals surface area contributed by atoms with Gasteiger partial charge in [-0.05, 0) is 50.1 Å². The first-order valence-electron chi connectivity index (χ1n) is 8.95. The fourth-order valence-electron chi connectivity index (χ4n) is 2.59. The number of hydrogen-bond acceptors (Lipinski definition) is 5. The summed E-state index contributed by atoms with van der Waals surface area (Å²) in [5, 5.41) is 5.96. The summed E-state index contributed by atoms with van der Waals surface area (Å²) >= 11 is 0. The molecule has 0 fully saturated rings. The van der Waals surface area contributed by atoms with Gasteiger partial charge in [-0.1, -0.05) is 25.1 Å². The molecular formula is C21H26N2O4. The lowest BCUT2D eigenvalue weighted by Gasteiger charge is -2.17. The van der Waals surface area contributed by atoms with Crippen LogP contribution in [0, 0.1) is 0 Å². The number of anilines is 2. The topological polar surface area (TPSA) is 76.7 Å². The molecule has 2 N–H and O–H groups in total. The quantitative estimate of drug-likeness (QED) is 0.690. The summed E-state index contributed by atoms with van der Waals surface area (Å²) in [5.74, 6) is -0.0650. The van der Waals surface area contributed by atoms with Gasteiger partial charge in [0, 0.05) is 5.69 Å². The number of amides is 1. The van der Waals surface area contributed by atoms with E-state index in [9.17, 15) is 9.59 Å². The monoisotopic (exact) mass is 370 g/mol. The van der Waals surface area contributed by atoms with Crippen LogP contribution < -0.4 is 15.4 Å². The molecule has 6 nitrogen and oxygen atoms in total. The van der Waals surface area contributed by atoms with Crippen molar-refractivity contribution in [1.82, 2.24) is 0 Å². The summed E-state index contributed by atoms with van der Waals surface area (Å²) in [7, 11) is 1.33. The molecule has 2 aromatic carbocycles. The zero-order valence-electron chi connectivity index (χ0n) is 16.2. The number of aryl methyl sites for hydroxylation is 1. The van der Waals surface area contributed by atoms with Crippen LogP contribution >= 0.6 is 0 Å². The molecule has 1 amide bonds. The van der Waals surface area contributed by atoms with Crippen LogP contribution in [0.1, 0.15) is 36.7 Å². The summed E-state index contributed by atoms with van der Waals surface area (Å²) < 4.78 is 10.5. The van der Waals surface area contributed by atoms with Gasteiger partial charge < -0.3 is 20.1 Å². The van der Waals surface area contributed by atoms with Gasteiger partial charge >= 0.3 is 5.97 Å². The second-order valence-electron chi connectivity index (χ2n) is 6.28. The number of para-hydroxylation sites is 1. The minimum atomic E-state index is -0.449. The lowest BCUT2D eigenvalue weighted by molar-refractivity contribution is -0.114. The summed E-state index contributed by atoms with van der Waals surface area (Å²) in [5.41, 5.74) is 2.81. The maximum Gasteiger partial charge on any atom is 0.337 e. The number of carbonyl (C=O) groups excluding carboxylic acids is 2. The first kappa shape index (κ1) is 20.3. The third-order valence-electron chi connectivity index (χ3n) is 3.88. The predicted octanol–water partition coefficient (Wildman–Crippen LogP) is 3.87. The van der Waals surface area contributed by atoms with Crippen molar-refractivity contribution in [1.29, 1.82) is 0 Å². The smallest absolute Gasteiger partial charge is 0.337 e. The molecule has 0 unspecified atom stereocenters. The van der Waals surface area contributed by atoms with Gasteiger partial charge in [-0.25, -0.2) is 4.79 Å². The van der Waals surface area contributed by atoms with E-state index in [1.807, 2.05) is 45.0 Å². The zero-order chi connectivity index (χ0) is 19.8. The molecule has 0 heterocycles. The van der Waals surface area contributed by atoms with Gasteiger partial charge in [-0.3, -0.25) is 4.79 Å². The van der Waals surface area contributed by atoms with Crippen molar-refractivity contribution < 1.29 is 19.1 Å². The van der Waals surface area contributed by atoms with Gasteiger partial charge in [0.15, 0.2) is 0 Å². The molecule has 0 aliphatic heterocycles. The standard InChI is InChI=1S/C21H26N2O4/c1-5-15-8-6-7-9-17(15)23-20(24)13-22-18-12-16(21(25)26-4)10-11-19(18)27-14(2)3/h6-12,14,22H,5,13H2,1-4H3,(H,23,24). The van der Waals surface area contributed by atoms with Gasteiger partial charge in [0.1, 0.15) is 5.75 Å². The number of hydrogen-bond donors (Lipinski definition) is 2. The first-order valence-corrected chi connectivity index (χ1v) is 8.95. The van der Waals surface area contributed by atoms with Crippen molar-refractivity contribution in [3.63, 3.8) is 0 Å². The Balaban J connectivity index is 2.12. The van der Waals surface area contributed by atoms with E-state index in [0.717, 1.165) is 17.7 Å². The molecule has 2 rings (SSSR count). The van der Waals surface area contributed by atoms with Gasteiger partial charge in [0.25, 0.3) is 0 Å². The van der Waals surface area contributed by atoms with Crippen molar-refractivity contribution in [2.75, 3.05) is 24.3 Å². The third kappa shape index (κ3) is 5.74. The lowest BCUT2D eigenvalue weighted by atomic mass is 10.1. The molecule has 0 aliphatic rings. The highest BCUT2D eigenvalue weighted by Crippen LogP contribution is 2.27. The molecular weight excluding hydrogens is 344 g/mol. The van der Waals surface area contributed by atoms with Crippen LogP contribution in [0.2, 0.25) is 0 Å².